The molecule has 8 aromatic carbocycles. The van der Waals surface area contributed by atoms with Gasteiger partial charge in [0.2, 0.25) is 0 Å². The van der Waals surface area contributed by atoms with E-state index in [1.165, 1.54) is 5.39 Å². The fourth-order valence-corrected chi connectivity index (χ4v) is 8.45. The second-order valence-corrected chi connectivity index (χ2v) is 15.0. The number of hydrogen-bond donors (Lipinski definition) is 0. The SMILES string of the molecule is c1ccc(-c2ccc3nc(-c4cc(-c5ccc(-c6ccccn6)cc5)cc(-c5ccc(-c6ccccn6)c6ccccc56)c4)nc(-c4cccc5ccccc45)c3c2)cc1. The van der Waals surface area contributed by atoms with Crippen molar-refractivity contribution in [2.24, 2.45) is 0 Å². The first-order chi connectivity index (χ1) is 29.7. The molecule has 280 valence electrons. The van der Waals surface area contributed by atoms with Gasteiger partial charge < -0.3 is 0 Å². The molecule has 11 rings (SSSR count). The van der Waals surface area contributed by atoms with Gasteiger partial charge in [-0.2, -0.15) is 0 Å². The van der Waals surface area contributed by atoms with Crippen molar-refractivity contribution in [3.8, 4) is 78.5 Å². The summed E-state index contributed by atoms with van der Waals surface area (Å²) < 4.78 is 0. The van der Waals surface area contributed by atoms with Crippen molar-refractivity contribution in [1.82, 2.24) is 19.9 Å². The highest BCUT2D eigenvalue weighted by atomic mass is 14.9. The number of rotatable bonds is 7. The maximum Gasteiger partial charge on any atom is 0.160 e. The Morgan fingerprint density at radius 1 is 0.283 bits per heavy atom. The molecular formula is C56H36N4. The van der Waals surface area contributed by atoms with Crippen LogP contribution in [0, 0.1) is 0 Å². The number of hydrogen-bond acceptors (Lipinski definition) is 4. The van der Waals surface area contributed by atoms with Gasteiger partial charge in [0.05, 0.1) is 22.6 Å². The van der Waals surface area contributed by atoms with Crippen LogP contribution in [0.2, 0.25) is 0 Å². The molecule has 0 amide bonds. The molecule has 0 radical (unpaired) electrons. The average molecular weight is 765 g/mol. The molecule has 0 aliphatic carbocycles. The van der Waals surface area contributed by atoms with Crippen molar-refractivity contribution in [2.75, 3.05) is 0 Å². The Bertz CT molecular complexity index is 3340. The maximum atomic E-state index is 5.54. The minimum absolute atomic E-state index is 0.667. The van der Waals surface area contributed by atoms with Crippen LogP contribution in [0.15, 0.2) is 219 Å². The lowest BCUT2D eigenvalue weighted by molar-refractivity contribution is 1.23. The molecule has 60 heavy (non-hydrogen) atoms. The summed E-state index contributed by atoms with van der Waals surface area (Å²) in [6.45, 7) is 0. The average Bonchev–Trinajstić information content (AvgIpc) is 3.33. The van der Waals surface area contributed by atoms with E-state index in [4.69, 9.17) is 15.0 Å². The second kappa shape index (κ2) is 15.0. The molecule has 0 saturated carbocycles. The monoisotopic (exact) mass is 764 g/mol. The van der Waals surface area contributed by atoms with Gasteiger partial charge in [-0.25, -0.2) is 9.97 Å². The van der Waals surface area contributed by atoms with E-state index < -0.39 is 0 Å². The van der Waals surface area contributed by atoms with Crippen LogP contribution < -0.4 is 0 Å². The lowest BCUT2D eigenvalue weighted by Gasteiger charge is -2.16. The van der Waals surface area contributed by atoms with Gasteiger partial charge in [-0.3, -0.25) is 9.97 Å². The van der Waals surface area contributed by atoms with Gasteiger partial charge in [0.15, 0.2) is 5.82 Å². The van der Waals surface area contributed by atoms with E-state index in [0.29, 0.717) is 5.82 Å². The zero-order valence-electron chi connectivity index (χ0n) is 32.6. The smallest absolute Gasteiger partial charge is 0.160 e. The maximum absolute atomic E-state index is 5.54. The van der Waals surface area contributed by atoms with Gasteiger partial charge >= 0.3 is 0 Å². The van der Waals surface area contributed by atoms with E-state index in [-0.39, 0.29) is 0 Å². The minimum Gasteiger partial charge on any atom is -0.256 e. The van der Waals surface area contributed by atoms with Crippen molar-refractivity contribution in [1.29, 1.82) is 0 Å². The van der Waals surface area contributed by atoms with E-state index in [9.17, 15) is 0 Å². The van der Waals surface area contributed by atoms with Crippen molar-refractivity contribution in [3.63, 3.8) is 0 Å². The molecule has 0 N–H and O–H groups in total. The predicted octanol–water partition coefficient (Wildman–Crippen LogP) is 14.4. The van der Waals surface area contributed by atoms with Crippen molar-refractivity contribution >= 4 is 32.4 Å². The predicted molar refractivity (Wildman–Crippen MR) is 248 cm³/mol. The number of benzene rings is 8. The second-order valence-electron chi connectivity index (χ2n) is 15.0. The van der Waals surface area contributed by atoms with E-state index in [0.717, 1.165) is 99.8 Å². The molecule has 0 saturated heterocycles. The summed E-state index contributed by atoms with van der Waals surface area (Å²) in [4.78, 5) is 20.2. The van der Waals surface area contributed by atoms with E-state index in [1.807, 2.05) is 42.7 Å². The first-order valence-corrected chi connectivity index (χ1v) is 20.2. The molecule has 0 bridgehead atoms. The molecule has 4 nitrogen and oxygen atoms in total. The molecule has 11 aromatic rings. The summed E-state index contributed by atoms with van der Waals surface area (Å²) in [7, 11) is 0. The molecule has 3 aromatic heterocycles. The Hall–Kier alpha value is -8.08. The fraction of sp³-hybridized carbons (Fsp3) is 0. The molecule has 0 unspecified atom stereocenters. The van der Waals surface area contributed by atoms with Crippen molar-refractivity contribution in [2.45, 2.75) is 0 Å². The van der Waals surface area contributed by atoms with Crippen LogP contribution >= 0.6 is 0 Å². The summed E-state index contributed by atoms with van der Waals surface area (Å²) in [5.41, 5.74) is 14.5. The Balaban J connectivity index is 1.15. The molecule has 3 heterocycles. The standard InChI is InChI=1S/C56H36N4/c1-2-13-37(14-3-1)41-27-30-54-51(36-41)55(50-20-12-16-39-15-4-5-17-45(39)50)60-56(59-54)44-34-42(38-23-25-40(26-24-38)52-21-8-10-31-57-52)33-43(35-44)46-28-29-49(53-22-9-11-32-58-53)48-19-7-6-18-47(46)48/h1-36H. The van der Waals surface area contributed by atoms with Crippen LogP contribution in [0.1, 0.15) is 0 Å². The number of aromatic nitrogens is 4. The summed E-state index contributed by atoms with van der Waals surface area (Å²) in [6.07, 6.45) is 3.69. The van der Waals surface area contributed by atoms with E-state index in [2.05, 4.69) is 181 Å². The minimum atomic E-state index is 0.667. The van der Waals surface area contributed by atoms with Crippen LogP contribution in [-0.2, 0) is 0 Å². The topological polar surface area (TPSA) is 51.6 Å². The van der Waals surface area contributed by atoms with Crippen molar-refractivity contribution < 1.29 is 0 Å². The molecule has 4 heteroatoms. The third-order valence-corrected chi connectivity index (χ3v) is 11.4. The van der Waals surface area contributed by atoms with Crippen LogP contribution in [0.4, 0.5) is 0 Å². The third kappa shape index (κ3) is 6.47. The summed E-state index contributed by atoms with van der Waals surface area (Å²) >= 11 is 0. The molecular weight excluding hydrogens is 729 g/mol. The third-order valence-electron chi connectivity index (χ3n) is 11.4. The molecule has 0 aliphatic heterocycles. The van der Waals surface area contributed by atoms with Crippen LogP contribution in [0.25, 0.3) is 111 Å². The normalized spacial score (nSPS) is 11.3. The van der Waals surface area contributed by atoms with Crippen molar-refractivity contribution in [3.05, 3.63) is 219 Å². The fourth-order valence-electron chi connectivity index (χ4n) is 8.45. The van der Waals surface area contributed by atoms with Gasteiger partial charge in [-0.15, -0.1) is 0 Å². The Kier molecular flexibility index (Phi) is 8.79. The quantitative estimate of drug-likeness (QED) is 0.162. The molecule has 0 atom stereocenters. The van der Waals surface area contributed by atoms with Gasteiger partial charge in [0.1, 0.15) is 0 Å². The number of fused-ring (bicyclic) bond motifs is 3. The molecule has 0 aliphatic rings. The summed E-state index contributed by atoms with van der Waals surface area (Å²) in [5.74, 6) is 0.667. The highest BCUT2D eigenvalue weighted by Gasteiger charge is 2.18. The number of nitrogens with zero attached hydrogens (tertiary/aromatic N) is 4. The van der Waals surface area contributed by atoms with Gasteiger partial charge in [-0.05, 0) is 110 Å². The zero-order chi connectivity index (χ0) is 39.8. The Morgan fingerprint density at radius 3 is 1.67 bits per heavy atom. The number of pyridine rings is 2. The highest BCUT2D eigenvalue weighted by Crippen LogP contribution is 2.41. The Labute approximate surface area is 348 Å². The highest BCUT2D eigenvalue weighted by molar-refractivity contribution is 6.06. The molecule has 0 fully saturated rings. The molecule has 0 spiro atoms. The van der Waals surface area contributed by atoms with E-state index in [1.54, 1.807) is 0 Å². The van der Waals surface area contributed by atoms with Gasteiger partial charge in [0, 0.05) is 40.0 Å². The lowest BCUT2D eigenvalue weighted by Crippen LogP contribution is -1.97. The first-order valence-electron chi connectivity index (χ1n) is 20.2. The van der Waals surface area contributed by atoms with Gasteiger partial charge in [0.25, 0.3) is 0 Å². The van der Waals surface area contributed by atoms with Crippen LogP contribution in [-0.4, -0.2) is 19.9 Å². The van der Waals surface area contributed by atoms with E-state index >= 15 is 0 Å². The van der Waals surface area contributed by atoms with Gasteiger partial charge in [-0.1, -0.05) is 152 Å². The largest absolute Gasteiger partial charge is 0.256 e. The van der Waals surface area contributed by atoms with Crippen LogP contribution in [0.5, 0.6) is 0 Å². The lowest BCUT2D eigenvalue weighted by atomic mass is 9.90. The summed E-state index contributed by atoms with van der Waals surface area (Å²) in [6, 6.07) is 72.6. The zero-order valence-corrected chi connectivity index (χ0v) is 32.6. The summed E-state index contributed by atoms with van der Waals surface area (Å²) in [5, 5.41) is 5.63. The first kappa shape index (κ1) is 35.1. The Morgan fingerprint density at radius 2 is 0.883 bits per heavy atom. The van der Waals surface area contributed by atoms with Crippen LogP contribution in [0.3, 0.4) is 0 Å².